The molecule has 1 atom stereocenters. The first-order valence-electron chi connectivity index (χ1n) is 4.95. The van der Waals surface area contributed by atoms with Crippen molar-refractivity contribution in [3.63, 3.8) is 0 Å². The number of aliphatic hydroxyl groups is 1. The van der Waals surface area contributed by atoms with E-state index >= 15 is 0 Å². The molecule has 0 bridgehead atoms. The van der Waals surface area contributed by atoms with Crippen molar-refractivity contribution in [3.05, 3.63) is 29.3 Å². The van der Waals surface area contributed by atoms with Gasteiger partial charge < -0.3 is 9.84 Å². The third kappa shape index (κ3) is 1.40. The average molecular weight is 192 g/mol. The Labute approximate surface area is 84.5 Å². The smallest absolute Gasteiger partial charge is 0.123 e. The summed E-state index contributed by atoms with van der Waals surface area (Å²) < 4.78 is 5.56. The van der Waals surface area contributed by atoms with Crippen LogP contribution in [-0.2, 0) is 0 Å². The molecule has 2 nitrogen and oxygen atoms in total. The molecule has 1 unspecified atom stereocenters. The first-order valence-corrected chi connectivity index (χ1v) is 4.95. The summed E-state index contributed by atoms with van der Waals surface area (Å²) >= 11 is 0. The molecule has 0 amide bonds. The second-order valence-corrected chi connectivity index (χ2v) is 4.50. The van der Waals surface area contributed by atoms with Crippen LogP contribution in [0.1, 0.15) is 30.9 Å². The van der Waals surface area contributed by atoms with E-state index in [1.807, 2.05) is 26.0 Å². The minimum absolute atomic E-state index is 0.0960. The lowest BCUT2D eigenvalue weighted by molar-refractivity contribution is 0.0421. The molecule has 1 aliphatic heterocycles. The van der Waals surface area contributed by atoms with Crippen molar-refractivity contribution >= 4 is 0 Å². The Morgan fingerprint density at radius 3 is 2.79 bits per heavy atom. The molecule has 76 valence electrons. The van der Waals surface area contributed by atoms with Gasteiger partial charge in [-0.05, 0) is 32.4 Å². The highest BCUT2D eigenvalue weighted by Crippen LogP contribution is 2.41. The molecule has 1 aliphatic rings. The van der Waals surface area contributed by atoms with Crippen LogP contribution >= 0.6 is 0 Å². The van der Waals surface area contributed by atoms with Gasteiger partial charge >= 0.3 is 0 Å². The molecule has 0 saturated heterocycles. The van der Waals surface area contributed by atoms with Gasteiger partial charge in [0.05, 0.1) is 18.1 Å². The monoisotopic (exact) mass is 192 g/mol. The lowest BCUT2D eigenvalue weighted by Gasteiger charge is -2.25. The van der Waals surface area contributed by atoms with Crippen LogP contribution in [0, 0.1) is 6.92 Å². The molecular weight excluding hydrogens is 176 g/mol. The zero-order valence-corrected chi connectivity index (χ0v) is 8.87. The molecule has 0 aromatic heterocycles. The molecule has 0 spiro atoms. The van der Waals surface area contributed by atoms with E-state index in [1.54, 1.807) is 0 Å². The molecular formula is C12H16O2. The lowest BCUT2D eigenvalue weighted by atomic mass is 9.84. The van der Waals surface area contributed by atoms with Gasteiger partial charge in [0.2, 0.25) is 0 Å². The van der Waals surface area contributed by atoms with E-state index in [2.05, 4.69) is 13.0 Å². The molecule has 1 N–H and O–H groups in total. The van der Waals surface area contributed by atoms with E-state index in [0.29, 0.717) is 6.61 Å². The maximum absolute atomic E-state index is 10.0. The summed E-state index contributed by atoms with van der Waals surface area (Å²) in [4.78, 5) is 0. The fourth-order valence-electron chi connectivity index (χ4n) is 2.04. The Balaban J connectivity index is 2.48. The first kappa shape index (κ1) is 9.53. The summed E-state index contributed by atoms with van der Waals surface area (Å²) in [7, 11) is 0. The Kier molecular flexibility index (Phi) is 2.04. The predicted octanol–water partition coefficient (Wildman–Crippen LogP) is 2.24. The highest BCUT2D eigenvalue weighted by atomic mass is 16.5. The van der Waals surface area contributed by atoms with E-state index in [1.165, 1.54) is 11.1 Å². The van der Waals surface area contributed by atoms with Crippen LogP contribution < -0.4 is 4.74 Å². The highest BCUT2D eigenvalue weighted by Gasteiger charge is 2.36. The second kappa shape index (κ2) is 2.99. The number of fused-ring (bicyclic) bond motifs is 1. The summed E-state index contributed by atoms with van der Waals surface area (Å²) in [6, 6.07) is 6.02. The van der Waals surface area contributed by atoms with Crippen molar-refractivity contribution in [3.8, 4) is 5.75 Å². The number of ether oxygens (including phenoxy) is 1. The predicted molar refractivity (Wildman–Crippen MR) is 55.7 cm³/mol. The summed E-state index contributed by atoms with van der Waals surface area (Å²) in [6.45, 7) is 6.32. The fourth-order valence-corrected chi connectivity index (χ4v) is 2.04. The van der Waals surface area contributed by atoms with E-state index < -0.39 is 5.60 Å². The lowest BCUT2D eigenvalue weighted by Crippen LogP contribution is -2.30. The molecule has 0 saturated carbocycles. The topological polar surface area (TPSA) is 29.5 Å². The standard InChI is InChI=1S/C12H16O2/c1-8-5-4-6-10-11(8)9(7-14-10)12(2,3)13/h4-6,9,13H,7H2,1-3H3. The Morgan fingerprint density at radius 2 is 2.14 bits per heavy atom. The Hall–Kier alpha value is -1.02. The number of rotatable bonds is 1. The maximum Gasteiger partial charge on any atom is 0.123 e. The minimum Gasteiger partial charge on any atom is -0.493 e. The Bertz CT molecular complexity index is 350. The molecule has 1 aromatic carbocycles. The van der Waals surface area contributed by atoms with Gasteiger partial charge in [-0.3, -0.25) is 0 Å². The number of benzene rings is 1. The van der Waals surface area contributed by atoms with Gasteiger partial charge in [0.15, 0.2) is 0 Å². The van der Waals surface area contributed by atoms with Crippen LogP contribution in [-0.4, -0.2) is 17.3 Å². The first-order chi connectivity index (χ1) is 6.50. The Morgan fingerprint density at radius 1 is 1.43 bits per heavy atom. The van der Waals surface area contributed by atoms with Crippen LogP contribution in [0.25, 0.3) is 0 Å². The van der Waals surface area contributed by atoms with Crippen LogP contribution in [0.2, 0.25) is 0 Å². The zero-order chi connectivity index (χ0) is 10.3. The average Bonchev–Trinajstić information content (AvgIpc) is 2.47. The van der Waals surface area contributed by atoms with Crippen LogP contribution in [0.5, 0.6) is 5.75 Å². The van der Waals surface area contributed by atoms with Gasteiger partial charge in [0.25, 0.3) is 0 Å². The molecule has 0 fully saturated rings. The second-order valence-electron chi connectivity index (χ2n) is 4.50. The van der Waals surface area contributed by atoms with Crippen LogP contribution in [0.3, 0.4) is 0 Å². The van der Waals surface area contributed by atoms with Crippen LogP contribution in [0.4, 0.5) is 0 Å². The van der Waals surface area contributed by atoms with Crippen LogP contribution in [0.15, 0.2) is 18.2 Å². The van der Waals surface area contributed by atoms with Crippen molar-refractivity contribution in [1.82, 2.24) is 0 Å². The molecule has 2 rings (SSSR count). The van der Waals surface area contributed by atoms with Gasteiger partial charge in [0.1, 0.15) is 5.75 Å². The number of hydrogen-bond acceptors (Lipinski definition) is 2. The molecule has 14 heavy (non-hydrogen) atoms. The third-order valence-electron chi connectivity index (χ3n) is 2.89. The van der Waals surface area contributed by atoms with Gasteiger partial charge in [-0.2, -0.15) is 0 Å². The third-order valence-corrected chi connectivity index (χ3v) is 2.89. The zero-order valence-electron chi connectivity index (χ0n) is 8.87. The number of aryl methyl sites for hydroxylation is 1. The van der Waals surface area contributed by atoms with Crippen molar-refractivity contribution < 1.29 is 9.84 Å². The molecule has 1 heterocycles. The highest BCUT2D eigenvalue weighted by molar-refractivity contribution is 5.46. The quantitative estimate of drug-likeness (QED) is 0.739. The summed E-state index contributed by atoms with van der Waals surface area (Å²) in [5, 5.41) is 10.0. The van der Waals surface area contributed by atoms with Crippen molar-refractivity contribution in [2.75, 3.05) is 6.61 Å². The van der Waals surface area contributed by atoms with Gasteiger partial charge in [-0.1, -0.05) is 12.1 Å². The van der Waals surface area contributed by atoms with E-state index in [0.717, 1.165) is 5.75 Å². The molecule has 0 aliphatic carbocycles. The van der Waals surface area contributed by atoms with E-state index in [9.17, 15) is 5.11 Å². The van der Waals surface area contributed by atoms with Crippen molar-refractivity contribution in [2.45, 2.75) is 32.3 Å². The normalized spacial score (nSPS) is 20.4. The number of hydrogen-bond donors (Lipinski definition) is 1. The van der Waals surface area contributed by atoms with E-state index in [4.69, 9.17) is 4.74 Å². The molecule has 2 heteroatoms. The SMILES string of the molecule is Cc1cccc2c1C(C(C)(C)O)CO2. The van der Waals surface area contributed by atoms with Gasteiger partial charge in [0, 0.05) is 5.56 Å². The summed E-state index contributed by atoms with van der Waals surface area (Å²) in [5.74, 6) is 1.02. The van der Waals surface area contributed by atoms with E-state index in [-0.39, 0.29) is 5.92 Å². The molecule has 0 radical (unpaired) electrons. The molecule has 1 aromatic rings. The summed E-state index contributed by atoms with van der Waals surface area (Å²) in [5.41, 5.74) is 1.66. The largest absolute Gasteiger partial charge is 0.493 e. The van der Waals surface area contributed by atoms with Gasteiger partial charge in [-0.25, -0.2) is 0 Å². The fraction of sp³-hybridized carbons (Fsp3) is 0.500. The minimum atomic E-state index is -0.711. The maximum atomic E-state index is 10.0. The van der Waals surface area contributed by atoms with Crippen molar-refractivity contribution in [2.24, 2.45) is 0 Å². The van der Waals surface area contributed by atoms with Gasteiger partial charge in [-0.15, -0.1) is 0 Å². The summed E-state index contributed by atoms with van der Waals surface area (Å²) in [6.07, 6.45) is 0. The van der Waals surface area contributed by atoms with Crippen molar-refractivity contribution in [1.29, 1.82) is 0 Å².